The maximum absolute atomic E-state index is 2.50. The minimum Gasteiger partial charge on any atom is -0.310 e. The molecule has 13 rings (SSSR count). The Hall–Kier alpha value is -6.78. The van der Waals surface area contributed by atoms with Gasteiger partial charge in [0.1, 0.15) is 0 Å². The van der Waals surface area contributed by atoms with E-state index in [1.54, 1.807) is 0 Å². The lowest BCUT2D eigenvalue weighted by molar-refractivity contribution is 0.563. The number of hydrogen-bond donors (Lipinski definition) is 0. The van der Waals surface area contributed by atoms with Crippen LogP contribution >= 0.6 is 22.7 Å². The topological polar surface area (TPSA) is 3.24 Å². The average molecular weight is 814 g/mol. The number of nitrogens with zero attached hydrogens (tertiary/aromatic N) is 1. The van der Waals surface area contributed by atoms with Gasteiger partial charge in [0.15, 0.2) is 0 Å². The molecule has 2 aromatic heterocycles. The standard InChI is InChI=1S/C58H39NS2/c1-57(2)46-18-7-9-20-48(46)58(49-21-10-8-19-47(49)57)45-17-6-3-14-40(45)41-32-28-37(34-50(41)58)36-26-29-38(30-27-36)59(39-31-33-43-42-15-4-11-23-52(42)61-55(43)35-39)51-22-13-25-54-56(51)44-16-5-12-24-53(44)60-54/h3-35H,1-2H3. The molecule has 0 amide bonds. The quantitative estimate of drug-likeness (QED) is 0.171. The van der Waals surface area contributed by atoms with Crippen LogP contribution in [-0.4, -0.2) is 0 Å². The van der Waals surface area contributed by atoms with Crippen molar-refractivity contribution >= 4 is 80.1 Å². The fourth-order valence-corrected chi connectivity index (χ4v) is 13.3. The van der Waals surface area contributed by atoms with Crippen molar-refractivity contribution in [1.29, 1.82) is 0 Å². The molecule has 1 nitrogen and oxygen atoms in total. The molecule has 0 unspecified atom stereocenters. The Balaban J connectivity index is 0.994. The SMILES string of the molecule is CC1(C)c2ccccc2C2(c3ccccc3-c3ccc(-c4ccc(N(c5ccc6c(c5)sc5ccccc56)c5cccc6sc7ccccc7c56)cc4)cc32)c2ccccc21. The van der Waals surface area contributed by atoms with Crippen molar-refractivity contribution in [3.8, 4) is 22.3 Å². The Morgan fingerprint density at radius 2 is 0.902 bits per heavy atom. The third-order valence-corrected chi connectivity index (χ3v) is 16.0. The second kappa shape index (κ2) is 12.9. The van der Waals surface area contributed by atoms with Crippen molar-refractivity contribution in [3.63, 3.8) is 0 Å². The maximum atomic E-state index is 2.50. The van der Waals surface area contributed by atoms with Gasteiger partial charge in [-0.1, -0.05) is 159 Å². The Morgan fingerprint density at radius 3 is 1.66 bits per heavy atom. The summed E-state index contributed by atoms with van der Waals surface area (Å²) < 4.78 is 5.22. The molecule has 9 aromatic carbocycles. The monoisotopic (exact) mass is 813 g/mol. The Labute approximate surface area is 363 Å². The zero-order valence-electron chi connectivity index (χ0n) is 33.8. The van der Waals surface area contributed by atoms with E-state index in [1.165, 1.54) is 102 Å². The van der Waals surface area contributed by atoms with Crippen LogP contribution in [0, 0.1) is 0 Å². The summed E-state index contributed by atoms with van der Waals surface area (Å²) in [7, 11) is 0. The Bertz CT molecular complexity index is 3530. The molecule has 0 aliphatic heterocycles. The Kier molecular flexibility index (Phi) is 7.38. The number of rotatable bonds is 4. The van der Waals surface area contributed by atoms with Gasteiger partial charge in [-0.05, 0) is 110 Å². The van der Waals surface area contributed by atoms with Crippen LogP contribution in [0.15, 0.2) is 200 Å². The van der Waals surface area contributed by atoms with Crippen molar-refractivity contribution in [2.45, 2.75) is 24.7 Å². The van der Waals surface area contributed by atoms with Gasteiger partial charge in [-0.3, -0.25) is 0 Å². The van der Waals surface area contributed by atoms with E-state index in [9.17, 15) is 0 Å². The summed E-state index contributed by atoms with van der Waals surface area (Å²) in [6.45, 7) is 4.78. The third kappa shape index (κ3) is 4.82. The first-order chi connectivity index (χ1) is 30.0. The van der Waals surface area contributed by atoms with E-state index in [4.69, 9.17) is 0 Å². The van der Waals surface area contributed by atoms with E-state index >= 15 is 0 Å². The molecule has 61 heavy (non-hydrogen) atoms. The summed E-state index contributed by atoms with van der Waals surface area (Å²) in [5.74, 6) is 0. The first-order valence-corrected chi connectivity index (χ1v) is 22.8. The summed E-state index contributed by atoms with van der Waals surface area (Å²) in [5, 5.41) is 5.22. The van der Waals surface area contributed by atoms with Crippen LogP contribution in [0.3, 0.4) is 0 Å². The molecule has 11 aromatic rings. The molecule has 0 radical (unpaired) electrons. The number of benzene rings is 9. The number of anilines is 3. The lowest BCUT2D eigenvalue weighted by atomic mass is 9.55. The van der Waals surface area contributed by atoms with Crippen molar-refractivity contribution in [2.24, 2.45) is 0 Å². The van der Waals surface area contributed by atoms with E-state index in [-0.39, 0.29) is 5.41 Å². The van der Waals surface area contributed by atoms with Crippen LogP contribution in [0.25, 0.3) is 62.6 Å². The van der Waals surface area contributed by atoms with Gasteiger partial charge in [-0.15, -0.1) is 22.7 Å². The third-order valence-electron chi connectivity index (χ3n) is 13.8. The summed E-state index contributed by atoms with van der Waals surface area (Å²) in [5.41, 5.74) is 16.3. The Morgan fingerprint density at radius 1 is 0.361 bits per heavy atom. The molecular weight excluding hydrogens is 775 g/mol. The van der Waals surface area contributed by atoms with Crippen LogP contribution in [0.2, 0.25) is 0 Å². The smallest absolute Gasteiger partial charge is 0.0719 e. The van der Waals surface area contributed by atoms with Crippen LogP contribution in [0.1, 0.15) is 47.2 Å². The van der Waals surface area contributed by atoms with Crippen molar-refractivity contribution < 1.29 is 0 Å². The zero-order valence-corrected chi connectivity index (χ0v) is 35.4. The van der Waals surface area contributed by atoms with Gasteiger partial charge in [0.05, 0.1) is 11.1 Å². The van der Waals surface area contributed by atoms with Crippen LogP contribution in [0.4, 0.5) is 17.1 Å². The normalized spacial score (nSPS) is 14.3. The fraction of sp³-hybridized carbons (Fsp3) is 0.0690. The molecule has 2 aliphatic carbocycles. The highest BCUT2D eigenvalue weighted by atomic mass is 32.1. The molecule has 3 heteroatoms. The molecule has 0 N–H and O–H groups in total. The van der Waals surface area contributed by atoms with E-state index in [1.807, 2.05) is 22.7 Å². The van der Waals surface area contributed by atoms with Crippen molar-refractivity contribution in [1.82, 2.24) is 0 Å². The number of fused-ring (bicyclic) bond motifs is 15. The van der Waals surface area contributed by atoms with E-state index in [2.05, 4.69) is 219 Å². The summed E-state index contributed by atoms with van der Waals surface area (Å²) in [4.78, 5) is 2.47. The van der Waals surface area contributed by atoms with Crippen LogP contribution in [-0.2, 0) is 10.8 Å². The maximum Gasteiger partial charge on any atom is 0.0719 e. The first kappa shape index (κ1) is 35.0. The molecule has 2 aliphatic rings. The minimum atomic E-state index is -0.422. The highest BCUT2D eigenvalue weighted by Crippen LogP contribution is 2.62. The lowest BCUT2D eigenvalue weighted by Gasteiger charge is -2.46. The van der Waals surface area contributed by atoms with Gasteiger partial charge < -0.3 is 4.90 Å². The van der Waals surface area contributed by atoms with Crippen molar-refractivity contribution in [2.75, 3.05) is 4.90 Å². The highest BCUT2D eigenvalue weighted by Gasteiger charge is 2.53. The molecular formula is C58H39NS2. The molecule has 0 bridgehead atoms. The summed E-state index contributed by atoms with van der Waals surface area (Å²) >= 11 is 3.74. The highest BCUT2D eigenvalue weighted by molar-refractivity contribution is 7.26. The van der Waals surface area contributed by atoms with Crippen LogP contribution < -0.4 is 4.90 Å². The lowest BCUT2D eigenvalue weighted by Crippen LogP contribution is -2.40. The average Bonchev–Trinajstić information content (AvgIpc) is 3.97. The molecule has 288 valence electrons. The first-order valence-electron chi connectivity index (χ1n) is 21.2. The van der Waals surface area contributed by atoms with Gasteiger partial charge in [0.2, 0.25) is 0 Å². The predicted molar refractivity (Wildman–Crippen MR) is 262 cm³/mol. The predicted octanol–water partition coefficient (Wildman–Crippen LogP) is 16.6. The second-order valence-electron chi connectivity index (χ2n) is 17.2. The molecule has 1 spiro atoms. The molecule has 0 saturated carbocycles. The molecule has 0 fully saturated rings. The summed E-state index contributed by atoms with van der Waals surface area (Å²) in [6, 6.07) is 75.4. The van der Waals surface area contributed by atoms with Gasteiger partial charge in [0.25, 0.3) is 0 Å². The number of hydrogen-bond acceptors (Lipinski definition) is 3. The van der Waals surface area contributed by atoms with Gasteiger partial charge >= 0.3 is 0 Å². The minimum absolute atomic E-state index is 0.128. The number of thiophene rings is 2. The second-order valence-corrected chi connectivity index (χ2v) is 19.3. The van der Waals surface area contributed by atoms with Crippen LogP contribution in [0.5, 0.6) is 0 Å². The molecule has 0 saturated heterocycles. The van der Waals surface area contributed by atoms with Gasteiger partial charge in [0, 0.05) is 57.1 Å². The zero-order chi connectivity index (χ0) is 40.5. The van der Waals surface area contributed by atoms with Crippen molar-refractivity contribution in [3.05, 3.63) is 234 Å². The van der Waals surface area contributed by atoms with Gasteiger partial charge in [-0.2, -0.15) is 0 Å². The molecule has 0 atom stereocenters. The molecule has 2 heterocycles. The van der Waals surface area contributed by atoms with E-state index in [0.29, 0.717) is 0 Å². The largest absolute Gasteiger partial charge is 0.310 e. The fourth-order valence-electron chi connectivity index (χ4n) is 11.1. The van der Waals surface area contributed by atoms with E-state index in [0.717, 1.165) is 11.4 Å². The van der Waals surface area contributed by atoms with E-state index < -0.39 is 5.41 Å². The van der Waals surface area contributed by atoms with Gasteiger partial charge in [-0.25, -0.2) is 0 Å². The summed E-state index contributed by atoms with van der Waals surface area (Å²) in [6.07, 6.45) is 0.